The molecule has 0 N–H and O–H groups in total. The van der Waals surface area contributed by atoms with Crippen LogP contribution < -0.4 is 0 Å². The average Bonchev–Trinajstić information content (AvgIpc) is 3.86. The van der Waals surface area contributed by atoms with E-state index in [9.17, 15) is 0 Å². The van der Waals surface area contributed by atoms with E-state index in [-0.39, 0.29) is 0 Å². The number of hydrogen-bond donors (Lipinski definition) is 0. The van der Waals surface area contributed by atoms with Crippen molar-refractivity contribution in [2.24, 2.45) is 0 Å². The molecule has 8 aromatic carbocycles. The number of hydrogen-bond acceptors (Lipinski definition) is 5. The van der Waals surface area contributed by atoms with Crippen LogP contribution in [0.3, 0.4) is 0 Å². The molecule has 3 nitrogen and oxygen atoms in total. The minimum Gasteiger partial charge on any atom is -0.208 e. The molecule has 262 valence electrons. The summed E-state index contributed by atoms with van der Waals surface area (Å²) in [6.07, 6.45) is 0. The fourth-order valence-corrected chi connectivity index (χ4v) is 10.3. The van der Waals surface area contributed by atoms with Crippen LogP contribution in [0, 0.1) is 0 Å². The molecule has 3 aromatic heterocycles. The molecule has 0 saturated carbocycles. The molecule has 0 unspecified atom stereocenters. The molecule has 0 atom stereocenters. The highest BCUT2D eigenvalue weighted by Gasteiger charge is 2.21. The first-order chi connectivity index (χ1) is 27.7. The van der Waals surface area contributed by atoms with Gasteiger partial charge in [-0.05, 0) is 75.8 Å². The van der Waals surface area contributed by atoms with Crippen LogP contribution >= 0.6 is 22.7 Å². The van der Waals surface area contributed by atoms with Crippen LogP contribution in [-0.4, -0.2) is 15.0 Å². The Bertz CT molecular complexity index is 3120. The molecule has 0 amide bonds. The van der Waals surface area contributed by atoms with Crippen LogP contribution in [0.5, 0.6) is 0 Å². The van der Waals surface area contributed by atoms with Crippen molar-refractivity contribution >= 4 is 63.0 Å². The molecule has 56 heavy (non-hydrogen) atoms. The van der Waals surface area contributed by atoms with Crippen molar-refractivity contribution in [3.63, 3.8) is 0 Å². The minimum atomic E-state index is 0.643. The van der Waals surface area contributed by atoms with Gasteiger partial charge < -0.3 is 0 Å². The molecule has 5 heteroatoms. The molecule has 0 radical (unpaired) electrons. The maximum atomic E-state index is 5.37. The van der Waals surface area contributed by atoms with Crippen molar-refractivity contribution in [1.82, 2.24) is 15.0 Å². The third kappa shape index (κ3) is 5.60. The summed E-state index contributed by atoms with van der Waals surface area (Å²) in [6.45, 7) is 0. The topological polar surface area (TPSA) is 38.7 Å². The van der Waals surface area contributed by atoms with Gasteiger partial charge in [0.05, 0.1) is 0 Å². The Morgan fingerprint density at radius 1 is 0.268 bits per heavy atom. The Hall–Kier alpha value is -6.79. The van der Waals surface area contributed by atoms with Crippen molar-refractivity contribution in [1.29, 1.82) is 0 Å². The second-order valence-electron chi connectivity index (χ2n) is 13.9. The maximum Gasteiger partial charge on any atom is 0.165 e. The summed E-state index contributed by atoms with van der Waals surface area (Å²) in [4.78, 5) is 16.1. The van der Waals surface area contributed by atoms with Gasteiger partial charge in [-0.15, -0.1) is 22.7 Å². The van der Waals surface area contributed by atoms with Gasteiger partial charge in [-0.3, -0.25) is 0 Å². The Balaban J connectivity index is 1.16. The van der Waals surface area contributed by atoms with Gasteiger partial charge in [0.2, 0.25) is 0 Å². The van der Waals surface area contributed by atoms with Crippen LogP contribution in [0.25, 0.3) is 108 Å². The third-order valence-corrected chi connectivity index (χ3v) is 13.0. The number of nitrogens with zero attached hydrogens (tertiary/aromatic N) is 3. The maximum absolute atomic E-state index is 5.37. The van der Waals surface area contributed by atoms with E-state index < -0.39 is 0 Å². The standard InChI is InChI=1S/C51H31N3S2/c1-3-14-32(15-4-1)34-18-11-19-35(30-34)36-28-29-41(44(31-36)33-16-5-2-6-17-33)49-52-50(42-24-12-22-39-37-20-7-9-26-45(37)55-47(39)42)54-51(53-49)43-25-13-23-40-38-21-8-10-27-46(38)56-48(40)43/h1-31H. The zero-order chi connectivity index (χ0) is 37.0. The molecule has 3 heterocycles. The summed E-state index contributed by atoms with van der Waals surface area (Å²) in [7, 11) is 0. The van der Waals surface area contributed by atoms with Crippen LogP contribution in [0.15, 0.2) is 188 Å². The SMILES string of the molecule is c1ccc(-c2cccc(-c3ccc(-c4nc(-c5cccc6c5sc5ccccc56)nc(-c5cccc6c5sc5ccccc56)n4)c(-c4ccccc4)c3)c2)cc1. The molecule has 0 saturated heterocycles. The van der Waals surface area contributed by atoms with E-state index in [2.05, 4.69) is 188 Å². The van der Waals surface area contributed by atoms with Crippen molar-refractivity contribution in [2.45, 2.75) is 0 Å². The lowest BCUT2D eigenvalue weighted by Gasteiger charge is -2.15. The van der Waals surface area contributed by atoms with E-state index in [1.807, 2.05) is 0 Å². The van der Waals surface area contributed by atoms with Crippen molar-refractivity contribution in [3.8, 4) is 67.5 Å². The first kappa shape index (κ1) is 32.6. The van der Waals surface area contributed by atoms with Crippen LogP contribution in [0.4, 0.5) is 0 Å². The van der Waals surface area contributed by atoms with E-state index >= 15 is 0 Å². The number of aromatic nitrogens is 3. The van der Waals surface area contributed by atoms with Gasteiger partial charge in [0.15, 0.2) is 17.5 Å². The molecular formula is C51H31N3S2. The molecule has 0 spiro atoms. The largest absolute Gasteiger partial charge is 0.208 e. The highest BCUT2D eigenvalue weighted by molar-refractivity contribution is 7.26. The Kier molecular flexibility index (Phi) is 7.87. The summed E-state index contributed by atoms with van der Waals surface area (Å²) in [5, 5.41) is 4.92. The normalized spacial score (nSPS) is 11.6. The predicted molar refractivity (Wildman–Crippen MR) is 238 cm³/mol. The smallest absolute Gasteiger partial charge is 0.165 e. The molecule has 0 aliphatic rings. The molecule has 0 aliphatic heterocycles. The summed E-state index contributed by atoms with van der Waals surface area (Å²) in [5.74, 6) is 1.97. The lowest BCUT2D eigenvalue weighted by atomic mass is 9.93. The minimum absolute atomic E-state index is 0.643. The quantitative estimate of drug-likeness (QED) is 0.170. The van der Waals surface area contributed by atoms with Gasteiger partial charge >= 0.3 is 0 Å². The van der Waals surface area contributed by atoms with E-state index in [1.54, 1.807) is 22.7 Å². The zero-order valence-corrected chi connectivity index (χ0v) is 31.7. The third-order valence-electron chi connectivity index (χ3n) is 10.6. The number of benzene rings is 8. The Labute approximate surface area is 331 Å². The molecule has 0 bridgehead atoms. The molecule has 0 aliphatic carbocycles. The van der Waals surface area contributed by atoms with Gasteiger partial charge in [0.1, 0.15) is 0 Å². The van der Waals surface area contributed by atoms with E-state index in [0.717, 1.165) is 38.9 Å². The van der Waals surface area contributed by atoms with E-state index in [1.165, 1.54) is 51.5 Å². The van der Waals surface area contributed by atoms with E-state index in [0.29, 0.717) is 17.5 Å². The molecule has 11 rings (SSSR count). The highest BCUT2D eigenvalue weighted by Crippen LogP contribution is 2.43. The van der Waals surface area contributed by atoms with Gasteiger partial charge in [-0.25, -0.2) is 15.0 Å². The van der Waals surface area contributed by atoms with Crippen LogP contribution in [0.2, 0.25) is 0 Å². The lowest BCUT2D eigenvalue weighted by molar-refractivity contribution is 1.08. The van der Waals surface area contributed by atoms with Crippen molar-refractivity contribution in [3.05, 3.63) is 188 Å². The molecular weight excluding hydrogens is 719 g/mol. The fourth-order valence-electron chi connectivity index (χ4n) is 7.87. The summed E-state index contributed by atoms with van der Waals surface area (Å²) in [6, 6.07) is 66.8. The van der Waals surface area contributed by atoms with Gasteiger partial charge in [-0.2, -0.15) is 0 Å². The summed E-state index contributed by atoms with van der Waals surface area (Å²) >= 11 is 3.59. The van der Waals surface area contributed by atoms with Crippen LogP contribution in [-0.2, 0) is 0 Å². The fraction of sp³-hybridized carbons (Fsp3) is 0. The van der Waals surface area contributed by atoms with Crippen molar-refractivity contribution < 1.29 is 0 Å². The molecule has 11 aromatic rings. The highest BCUT2D eigenvalue weighted by atomic mass is 32.1. The number of rotatable bonds is 6. The predicted octanol–water partition coefficient (Wildman–Crippen LogP) is 14.6. The second-order valence-corrected chi connectivity index (χ2v) is 16.0. The number of fused-ring (bicyclic) bond motifs is 6. The van der Waals surface area contributed by atoms with Gasteiger partial charge in [-0.1, -0.05) is 146 Å². The van der Waals surface area contributed by atoms with Gasteiger partial charge in [0.25, 0.3) is 0 Å². The monoisotopic (exact) mass is 749 g/mol. The summed E-state index contributed by atoms with van der Waals surface area (Å²) < 4.78 is 4.85. The summed E-state index contributed by atoms with van der Waals surface area (Å²) in [5.41, 5.74) is 9.80. The first-order valence-corrected chi connectivity index (χ1v) is 20.3. The Morgan fingerprint density at radius 3 is 1.29 bits per heavy atom. The van der Waals surface area contributed by atoms with Gasteiger partial charge in [0, 0.05) is 57.0 Å². The second kappa shape index (κ2) is 13.5. The Morgan fingerprint density at radius 2 is 0.696 bits per heavy atom. The first-order valence-electron chi connectivity index (χ1n) is 18.7. The van der Waals surface area contributed by atoms with Crippen LogP contribution in [0.1, 0.15) is 0 Å². The average molecular weight is 750 g/mol. The van der Waals surface area contributed by atoms with Crippen molar-refractivity contribution in [2.75, 3.05) is 0 Å². The molecule has 0 fully saturated rings. The lowest BCUT2D eigenvalue weighted by Crippen LogP contribution is -2.01. The zero-order valence-electron chi connectivity index (χ0n) is 30.1. The van der Waals surface area contributed by atoms with E-state index in [4.69, 9.17) is 15.0 Å². The number of thiophene rings is 2.